The number of carbonyl (C=O) groups excluding carboxylic acids is 1. The first-order valence-electron chi connectivity index (χ1n) is 5.84. The molecule has 0 saturated carbocycles. The minimum atomic E-state index is -0.0716. The van der Waals surface area contributed by atoms with Crippen LogP contribution in [0.1, 0.15) is 15.9 Å². The van der Waals surface area contributed by atoms with Crippen LogP contribution in [0.4, 0.5) is 0 Å². The molecule has 2 aromatic carbocycles. The number of carbonyl (C=O) groups is 1. The number of hydrogen-bond donors (Lipinski definition) is 1. The van der Waals surface area contributed by atoms with Crippen molar-refractivity contribution < 1.29 is 4.79 Å². The molecule has 2 nitrogen and oxygen atoms in total. The summed E-state index contributed by atoms with van der Waals surface area (Å²) in [6.45, 7) is 0. The van der Waals surface area contributed by atoms with Crippen LogP contribution in [0.25, 0.3) is 10.9 Å². The van der Waals surface area contributed by atoms with Gasteiger partial charge in [0.05, 0.1) is 10.5 Å². The fraction of sp³-hybridized carbons (Fsp3) is 0. The van der Waals surface area contributed by atoms with Crippen LogP contribution >= 0.6 is 39.1 Å². The van der Waals surface area contributed by atoms with E-state index in [-0.39, 0.29) is 5.78 Å². The predicted octanol–water partition coefficient (Wildman–Crippen LogP) is 5.47. The second kappa shape index (κ2) is 5.24. The van der Waals surface area contributed by atoms with Crippen LogP contribution in [-0.4, -0.2) is 10.8 Å². The van der Waals surface area contributed by atoms with Gasteiger partial charge in [-0.15, -0.1) is 0 Å². The summed E-state index contributed by atoms with van der Waals surface area (Å²) < 4.78 is 0.929. The number of halogens is 3. The predicted molar refractivity (Wildman–Crippen MR) is 85.9 cm³/mol. The van der Waals surface area contributed by atoms with Gasteiger partial charge in [-0.3, -0.25) is 4.79 Å². The minimum Gasteiger partial charge on any atom is -0.344 e. The highest BCUT2D eigenvalue weighted by molar-refractivity contribution is 9.10. The van der Waals surface area contributed by atoms with Crippen LogP contribution in [0.15, 0.2) is 46.9 Å². The number of fused-ring (bicyclic) bond motifs is 1. The molecule has 0 bridgehead atoms. The Labute approximate surface area is 133 Å². The lowest BCUT2D eigenvalue weighted by molar-refractivity contribution is 0.104. The van der Waals surface area contributed by atoms with Crippen molar-refractivity contribution in [2.75, 3.05) is 0 Å². The lowest BCUT2D eigenvalue weighted by Gasteiger charge is -2.03. The van der Waals surface area contributed by atoms with Crippen LogP contribution in [0, 0.1) is 0 Å². The molecule has 1 heterocycles. The maximum Gasteiger partial charge on any atom is 0.195 e. The highest BCUT2D eigenvalue weighted by atomic mass is 79.9. The zero-order valence-corrected chi connectivity index (χ0v) is 13.2. The Hall–Kier alpha value is -1.29. The zero-order valence-electron chi connectivity index (χ0n) is 10.1. The fourth-order valence-corrected chi connectivity index (χ4v) is 2.76. The maximum atomic E-state index is 12.6. The van der Waals surface area contributed by atoms with Gasteiger partial charge in [-0.2, -0.15) is 0 Å². The van der Waals surface area contributed by atoms with Gasteiger partial charge in [-0.05, 0) is 30.3 Å². The van der Waals surface area contributed by atoms with Crippen LogP contribution in [-0.2, 0) is 0 Å². The Morgan fingerprint density at radius 3 is 2.45 bits per heavy atom. The van der Waals surface area contributed by atoms with E-state index in [1.807, 2.05) is 18.2 Å². The number of para-hydroxylation sites is 1. The Balaban J connectivity index is 2.17. The fourth-order valence-electron chi connectivity index (χ4n) is 2.10. The molecule has 0 radical (unpaired) electrons. The summed E-state index contributed by atoms with van der Waals surface area (Å²) in [5.41, 5.74) is 1.83. The molecule has 5 heteroatoms. The molecule has 0 aliphatic rings. The first-order chi connectivity index (χ1) is 9.58. The monoisotopic (exact) mass is 367 g/mol. The normalized spacial score (nSPS) is 10.9. The molecule has 0 amide bonds. The van der Waals surface area contributed by atoms with Gasteiger partial charge in [-0.1, -0.05) is 51.3 Å². The van der Waals surface area contributed by atoms with Crippen LogP contribution in [0.5, 0.6) is 0 Å². The molecule has 20 heavy (non-hydrogen) atoms. The van der Waals surface area contributed by atoms with E-state index in [1.54, 1.807) is 24.3 Å². The smallest absolute Gasteiger partial charge is 0.195 e. The molecule has 0 aliphatic carbocycles. The van der Waals surface area contributed by atoms with Crippen molar-refractivity contribution in [1.29, 1.82) is 0 Å². The first-order valence-corrected chi connectivity index (χ1v) is 7.39. The van der Waals surface area contributed by atoms with Gasteiger partial charge in [0.25, 0.3) is 0 Å². The number of rotatable bonds is 2. The van der Waals surface area contributed by atoms with Crippen LogP contribution < -0.4 is 0 Å². The van der Waals surface area contributed by atoms with Crippen molar-refractivity contribution in [3.05, 3.63) is 68.2 Å². The van der Waals surface area contributed by atoms with Crippen molar-refractivity contribution in [3.63, 3.8) is 0 Å². The Kier molecular flexibility index (Phi) is 3.59. The number of aromatic amines is 1. The van der Waals surface area contributed by atoms with Crippen LogP contribution in [0.3, 0.4) is 0 Å². The third-order valence-corrected chi connectivity index (χ3v) is 4.38. The molecule has 0 fully saturated rings. The van der Waals surface area contributed by atoms with E-state index in [4.69, 9.17) is 23.2 Å². The third-order valence-electron chi connectivity index (χ3n) is 3.08. The highest BCUT2D eigenvalue weighted by Crippen LogP contribution is 2.33. The van der Waals surface area contributed by atoms with E-state index in [0.717, 1.165) is 9.86 Å². The molecule has 3 rings (SSSR count). The topological polar surface area (TPSA) is 32.9 Å². The standard InChI is InChI=1S/C15H8BrCl2NO/c16-9-6-4-8(5-7-9)14(20)11-3-1-2-10-12(17)15(18)19-13(10)11/h1-7,19H. The number of ketones is 1. The number of benzene rings is 2. The lowest BCUT2D eigenvalue weighted by Crippen LogP contribution is -2.01. The molecular weight excluding hydrogens is 361 g/mol. The van der Waals surface area contributed by atoms with E-state index in [0.29, 0.717) is 26.8 Å². The number of nitrogens with one attached hydrogen (secondary N) is 1. The second-order valence-electron chi connectivity index (χ2n) is 4.32. The van der Waals surface area contributed by atoms with E-state index in [1.165, 1.54) is 0 Å². The van der Waals surface area contributed by atoms with Crippen molar-refractivity contribution in [1.82, 2.24) is 4.98 Å². The molecule has 0 saturated heterocycles. The molecule has 3 aromatic rings. The molecule has 0 atom stereocenters. The lowest BCUT2D eigenvalue weighted by atomic mass is 10.0. The van der Waals surface area contributed by atoms with Crippen molar-refractivity contribution in [3.8, 4) is 0 Å². The minimum absolute atomic E-state index is 0.0716. The van der Waals surface area contributed by atoms with Gasteiger partial charge < -0.3 is 4.98 Å². The molecule has 0 spiro atoms. The van der Waals surface area contributed by atoms with Crippen molar-refractivity contribution in [2.24, 2.45) is 0 Å². The molecule has 0 unspecified atom stereocenters. The number of aromatic nitrogens is 1. The zero-order chi connectivity index (χ0) is 14.3. The van der Waals surface area contributed by atoms with E-state index < -0.39 is 0 Å². The van der Waals surface area contributed by atoms with Gasteiger partial charge in [-0.25, -0.2) is 0 Å². The summed E-state index contributed by atoms with van der Waals surface area (Å²) in [7, 11) is 0. The van der Waals surface area contributed by atoms with Crippen molar-refractivity contribution >= 4 is 55.8 Å². The summed E-state index contributed by atoms with van der Waals surface area (Å²) in [6.07, 6.45) is 0. The van der Waals surface area contributed by atoms with Crippen molar-refractivity contribution in [2.45, 2.75) is 0 Å². The number of hydrogen-bond acceptors (Lipinski definition) is 1. The third kappa shape index (κ3) is 2.26. The van der Waals surface area contributed by atoms with Gasteiger partial charge in [0.2, 0.25) is 0 Å². The summed E-state index contributed by atoms with van der Waals surface area (Å²) in [5, 5.41) is 1.53. The van der Waals surface area contributed by atoms with E-state index >= 15 is 0 Å². The van der Waals surface area contributed by atoms with Gasteiger partial charge >= 0.3 is 0 Å². The second-order valence-corrected chi connectivity index (χ2v) is 5.99. The van der Waals surface area contributed by atoms with Crippen LogP contribution in [0.2, 0.25) is 10.2 Å². The Morgan fingerprint density at radius 1 is 1.05 bits per heavy atom. The van der Waals surface area contributed by atoms with Gasteiger partial charge in [0, 0.05) is 21.0 Å². The summed E-state index contributed by atoms with van der Waals surface area (Å²) in [6, 6.07) is 12.6. The van der Waals surface area contributed by atoms with Gasteiger partial charge in [0.15, 0.2) is 5.78 Å². The average Bonchev–Trinajstić information content (AvgIpc) is 2.74. The molecule has 100 valence electrons. The molecular formula is C15H8BrCl2NO. The first kappa shape index (κ1) is 13.7. The SMILES string of the molecule is O=C(c1ccc(Br)cc1)c1cccc2c(Cl)c(Cl)[nH]c12. The average molecular weight is 369 g/mol. The molecule has 0 aliphatic heterocycles. The maximum absolute atomic E-state index is 12.6. The molecule has 1 N–H and O–H groups in total. The van der Waals surface area contributed by atoms with E-state index in [9.17, 15) is 4.79 Å². The Morgan fingerprint density at radius 2 is 1.75 bits per heavy atom. The largest absolute Gasteiger partial charge is 0.344 e. The number of H-pyrrole nitrogens is 1. The highest BCUT2D eigenvalue weighted by Gasteiger charge is 2.16. The quantitative estimate of drug-likeness (QED) is 0.598. The summed E-state index contributed by atoms with van der Waals surface area (Å²) >= 11 is 15.4. The van der Waals surface area contributed by atoms with Gasteiger partial charge in [0.1, 0.15) is 5.15 Å². The van der Waals surface area contributed by atoms with E-state index in [2.05, 4.69) is 20.9 Å². The summed E-state index contributed by atoms with van der Waals surface area (Å²) in [4.78, 5) is 15.5. The summed E-state index contributed by atoms with van der Waals surface area (Å²) in [5.74, 6) is -0.0716. The molecule has 1 aromatic heterocycles. The Bertz CT molecular complexity index is 809.